The summed E-state index contributed by atoms with van der Waals surface area (Å²) in [6.45, 7) is 5.63. The van der Waals surface area contributed by atoms with E-state index in [0.717, 1.165) is 12.8 Å². The number of carbonyl (C=O) groups excluding carboxylic acids is 6. The fourth-order valence-electron chi connectivity index (χ4n) is 9.13. The summed E-state index contributed by atoms with van der Waals surface area (Å²) in [6, 6.07) is 25.1. The van der Waals surface area contributed by atoms with Gasteiger partial charge in [0.05, 0.1) is 41.9 Å². The van der Waals surface area contributed by atoms with E-state index in [1.165, 1.54) is 19.6 Å². The van der Waals surface area contributed by atoms with Crippen molar-refractivity contribution >= 4 is 59.0 Å². The van der Waals surface area contributed by atoms with Gasteiger partial charge < -0.3 is 52.9 Å². The SMILES string of the molecule is CC[C@H]1O[C@@H](n2cnc3c(=O)[nH]c(N=CN(C)C)nc32)[C@@H](OCCCCCCNC(=O)CCCCO[C@@H]2O[C@H](COC(=O)c3ccccc3)[C@H](OC(=O)c3ccccc3)[C@H](OC(=O)c3ccccc3)[C@H]2C)C1OC(=O)CCC(C)=O. The number of hydrogen-bond donors (Lipinski definition) is 2. The zero-order valence-corrected chi connectivity index (χ0v) is 45.8. The van der Waals surface area contributed by atoms with Gasteiger partial charge in [-0.1, -0.05) is 81.3 Å². The van der Waals surface area contributed by atoms with Crippen LogP contribution >= 0.6 is 0 Å². The number of unbranched alkanes of at least 4 members (excludes halogenated alkanes) is 4. The number of Topliss-reactive ketones (excluding diaryl/α,β-unsaturated/α-hetero) is 1. The number of imidazole rings is 1. The van der Waals surface area contributed by atoms with Crippen molar-refractivity contribution in [1.29, 1.82) is 0 Å². The van der Waals surface area contributed by atoms with E-state index in [4.69, 9.17) is 37.9 Å². The molecule has 22 nitrogen and oxygen atoms in total. The number of H-pyrrole nitrogens is 1. The molecule has 4 heterocycles. The molecule has 2 aliphatic rings. The predicted molar refractivity (Wildman–Crippen MR) is 291 cm³/mol. The number of aliphatic imine (C=N–C) groups is 1. The molecule has 2 aromatic heterocycles. The van der Waals surface area contributed by atoms with Gasteiger partial charge in [0.25, 0.3) is 5.56 Å². The number of rotatable bonds is 29. The van der Waals surface area contributed by atoms with Gasteiger partial charge in [0.1, 0.15) is 30.7 Å². The molecule has 0 aliphatic carbocycles. The molecule has 9 atom stereocenters. The Kier molecular flexibility index (Phi) is 22.6. The number of fused-ring (bicyclic) bond motifs is 1. The molecule has 80 heavy (non-hydrogen) atoms. The molecule has 2 N–H and O–H groups in total. The lowest BCUT2D eigenvalue weighted by Gasteiger charge is -2.44. The summed E-state index contributed by atoms with van der Waals surface area (Å²) in [5, 5.41) is 2.98. The smallest absolute Gasteiger partial charge is 0.338 e. The Morgan fingerprint density at radius 1 is 0.713 bits per heavy atom. The van der Waals surface area contributed by atoms with Crippen LogP contribution in [-0.4, -0.2) is 150 Å². The molecule has 2 aliphatic heterocycles. The summed E-state index contributed by atoms with van der Waals surface area (Å²) < 4.78 is 50.9. The third-order valence-corrected chi connectivity index (χ3v) is 13.4. The van der Waals surface area contributed by atoms with E-state index in [0.29, 0.717) is 44.2 Å². The summed E-state index contributed by atoms with van der Waals surface area (Å²) in [5.74, 6) is -3.39. The Morgan fingerprint density at radius 2 is 1.31 bits per heavy atom. The van der Waals surface area contributed by atoms with Gasteiger partial charge in [0.2, 0.25) is 11.9 Å². The second kappa shape index (κ2) is 30.1. The van der Waals surface area contributed by atoms with Crippen molar-refractivity contribution in [3.8, 4) is 0 Å². The largest absolute Gasteiger partial charge is 0.459 e. The quantitative estimate of drug-likeness (QED) is 0.0163. The first kappa shape index (κ1) is 60.0. The van der Waals surface area contributed by atoms with Crippen LogP contribution in [0.15, 0.2) is 107 Å². The minimum atomic E-state index is -1.21. The second-order valence-corrected chi connectivity index (χ2v) is 19.8. The maximum atomic E-state index is 13.6. The van der Waals surface area contributed by atoms with E-state index in [1.807, 2.05) is 6.92 Å². The number of aromatic nitrogens is 4. The second-order valence-electron chi connectivity index (χ2n) is 19.8. The maximum Gasteiger partial charge on any atom is 0.338 e. The standard InChI is InChI=1S/C58H71N7O15/c1-6-42-48(78-45(68)30-29-37(2)66)50(53(76-42)65-36-60-46-51(65)62-58(63-52(46)69)61-35-64(4)5)73-32-20-8-7-19-31-59-44(67)28-18-21-33-74-57-38(3)47(79-55(71)40-24-14-10-15-25-40)49(80-56(72)41-26-16-11-17-27-41)43(77-57)34-75-54(70)39-22-12-9-13-23-39/h9-17,22-27,35-36,38,42-43,47-50,53,57H,6-8,18-21,28-34H2,1-5H3,(H,59,67)(H,62,63,69)/t38-,42-,43-,47-,48?,49+,50+,53-,57-/m1/s1. The number of benzene rings is 3. The summed E-state index contributed by atoms with van der Waals surface area (Å²) >= 11 is 0. The van der Waals surface area contributed by atoms with Crippen molar-refractivity contribution in [3.05, 3.63) is 124 Å². The Bertz CT molecular complexity index is 2920. The minimum absolute atomic E-state index is 0.0387. The number of ketones is 1. The molecule has 22 heteroatoms. The molecular weight excluding hydrogens is 1030 g/mol. The Morgan fingerprint density at radius 3 is 1.95 bits per heavy atom. The number of aromatic amines is 1. The highest BCUT2D eigenvalue weighted by Gasteiger charge is 2.51. The molecule has 7 rings (SSSR count). The van der Waals surface area contributed by atoms with Crippen molar-refractivity contribution < 1.29 is 66.7 Å². The first-order valence-corrected chi connectivity index (χ1v) is 27.1. The van der Waals surface area contributed by atoms with Crippen LogP contribution in [0.3, 0.4) is 0 Å². The highest BCUT2D eigenvalue weighted by molar-refractivity contribution is 5.91. The summed E-state index contributed by atoms with van der Waals surface area (Å²) in [4.78, 5) is 108. The summed E-state index contributed by atoms with van der Waals surface area (Å²) in [5.41, 5.74) is 0.643. The fourth-order valence-corrected chi connectivity index (χ4v) is 9.13. The van der Waals surface area contributed by atoms with E-state index in [-0.39, 0.29) is 79.0 Å². The first-order chi connectivity index (χ1) is 38.7. The molecule has 1 amide bonds. The molecule has 428 valence electrons. The van der Waals surface area contributed by atoms with Crippen LogP contribution in [0.2, 0.25) is 0 Å². The van der Waals surface area contributed by atoms with E-state index in [2.05, 4.69) is 25.3 Å². The topological polar surface area (TPSA) is 267 Å². The van der Waals surface area contributed by atoms with Gasteiger partial charge in [-0.3, -0.25) is 23.9 Å². The zero-order valence-electron chi connectivity index (χ0n) is 45.8. The first-order valence-electron chi connectivity index (χ1n) is 27.1. The molecule has 2 saturated heterocycles. The molecule has 0 bridgehead atoms. The summed E-state index contributed by atoms with van der Waals surface area (Å²) in [6.07, 6.45) is 0.0440. The lowest BCUT2D eigenvalue weighted by atomic mass is 9.91. The van der Waals surface area contributed by atoms with Gasteiger partial charge in [0.15, 0.2) is 35.9 Å². The number of carbonyl (C=O) groups is 6. The average Bonchev–Trinajstić information content (AvgIpc) is 4.14. The molecule has 3 aromatic carbocycles. The number of amides is 1. The molecule has 2 fully saturated rings. The zero-order chi connectivity index (χ0) is 57.0. The summed E-state index contributed by atoms with van der Waals surface area (Å²) in [7, 11) is 3.56. The Balaban J connectivity index is 0.887. The van der Waals surface area contributed by atoms with Crippen molar-refractivity contribution in [2.75, 3.05) is 40.5 Å². The van der Waals surface area contributed by atoms with Gasteiger partial charge in [-0.15, -0.1) is 0 Å². The van der Waals surface area contributed by atoms with Crippen molar-refractivity contribution in [3.63, 3.8) is 0 Å². The third-order valence-electron chi connectivity index (χ3n) is 13.4. The van der Waals surface area contributed by atoms with Crippen LogP contribution in [0.4, 0.5) is 5.95 Å². The highest BCUT2D eigenvalue weighted by Crippen LogP contribution is 2.37. The van der Waals surface area contributed by atoms with Crippen LogP contribution in [0, 0.1) is 5.92 Å². The lowest BCUT2D eigenvalue weighted by Crippen LogP contribution is -2.58. The van der Waals surface area contributed by atoms with E-state index in [1.54, 1.807) is 121 Å². The number of nitrogens with zero attached hydrogens (tertiary/aromatic N) is 5. The molecule has 0 saturated carbocycles. The van der Waals surface area contributed by atoms with E-state index < -0.39 is 84.5 Å². The highest BCUT2D eigenvalue weighted by atomic mass is 16.7. The number of nitrogens with one attached hydrogen (secondary N) is 2. The van der Waals surface area contributed by atoms with Gasteiger partial charge in [-0.25, -0.2) is 24.4 Å². The van der Waals surface area contributed by atoms with Crippen LogP contribution in [0.1, 0.15) is 122 Å². The van der Waals surface area contributed by atoms with Crippen LogP contribution in [0.5, 0.6) is 0 Å². The van der Waals surface area contributed by atoms with Crippen molar-refractivity contribution in [1.82, 2.24) is 29.7 Å². The average molecular weight is 1110 g/mol. The van der Waals surface area contributed by atoms with Crippen LogP contribution in [-0.2, 0) is 52.3 Å². The molecule has 1 unspecified atom stereocenters. The fraction of sp³-hybridized carbons (Fsp3) is 0.483. The van der Waals surface area contributed by atoms with Gasteiger partial charge in [0, 0.05) is 52.6 Å². The van der Waals surface area contributed by atoms with E-state index in [9.17, 15) is 33.6 Å². The molecular formula is C58H71N7O15. The molecule has 0 radical (unpaired) electrons. The van der Waals surface area contributed by atoms with Gasteiger partial charge in [-0.05, 0) is 75.4 Å². The minimum Gasteiger partial charge on any atom is -0.459 e. The predicted octanol–water partition coefficient (Wildman–Crippen LogP) is 6.85. The van der Waals surface area contributed by atoms with Crippen molar-refractivity contribution in [2.45, 2.75) is 134 Å². The maximum absolute atomic E-state index is 13.6. The monoisotopic (exact) mass is 1110 g/mol. The van der Waals surface area contributed by atoms with E-state index >= 15 is 0 Å². The lowest BCUT2D eigenvalue weighted by molar-refractivity contribution is -0.281. The molecule has 0 spiro atoms. The number of esters is 4. The van der Waals surface area contributed by atoms with Gasteiger partial charge in [-0.2, -0.15) is 4.98 Å². The number of ether oxygens (including phenoxy) is 8. The van der Waals surface area contributed by atoms with Crippen LogP contribution in [0.25, 0.3) is 11.2 Å². The van der Waals surface area contributed by atoms with Crippen LogP contribution < -0.4 is 10.9 Å². The van der Waals surface area contributed by atoms with Gasteiger partial charge >= 0.3 is 23.9 Å². The Labute approximate surface area is 463 Å². The third kappa shape index (κ3) is 16.9. The normalized spacial score (nSPS) is 21.7. The van der Waals surface area contributed by atoms with Crippen molar-refractivity contribution in [2.24, 2.45) is 10.9 Å². The number of hydrogen-bond acceptors (Lipinski definition) is 18. The molecule has 5 aromatic rings. The Hall–Kier alpha value is -7.66.